The van der Waals surface area contributed by atoms with Gasteiger partial charge in [0.15, 0.2) is 11.5 Å². The number of ether oxygens (including phenoxy) is 2. The number of benzene rings is 3. The molecule has 0 fully saturated rings. The summed E-state index contributed by atoms with van der Waals surface area (Å²) in [5.74, 6) is 0.182. The van der Waals surface area contributed by atoms with E-state index in [9.17, 15) is 10.1 Å². The fourth-order valence-electron chi connectivity index (χ4n) is 2.61. The molecule has 29 heavy (non-hydrogen) atoms. The SMILES string of the molecule is COc1cc(/C=C(/C#N)c2ccc(Cl)cc2)ccc1OC(=O)c1cccc(Br)c1. The van der Waals surface area contributed by atoms with Gasteiger partial charge in [-0.1, -0.05) is 51.8 Å². The monoisotopic (exact) mass is 467 g/mol. The summed E-state index contributed by atoms with van der Waals surface area (Å²) in [6.45, 7) is 0. The molecule has 144 valence electrons. The van der Waals surface area contributed by atoms with Crippen LogP contribution in [0.2, 0.25) is 5.02 Å². The van der Waals surface area contributed by atoms with Gasteiger partial charge in [-0.3, -0.25) is 0 Å². The van der Waals surface area contributed by atoms with E-state index in [1.807, 2.05) is 6.07 Å². The van der Waals surface area contributed by atoms with Crippen LogP contribution in [0.15, 0.2) is 71.2 Å². The van der Waals surface area contributed by atoms with Crippen molar-refractivity contribution >= 4 is 45.1 Å². The molecule has 0 amide bonds. The number of esters is 1. The molecule has 0 saturated heterocycles. The third kappa shape index (κ3) is 5.26. The molecule has 0 aromatic heterocycles. The van der Waals surface area contributed by atoms with E-state index in [4.69, 9.17) is 21.1 Å². The lowest BCUT2D eigenvalue weighted by Crippen LogP contribution is -2.09. The first-order valence-corrected chi connectivity index (χ1v) is 9.71. The first-order valence-electron chi connectivity index (χ1n) is 8.53. The molecule has 6 heteroatoms. The Morgan fingerprint density at radius 2 is 1.79 bits per heavy atom. The molecule has 0 heterocycles. The predicted molar refractivity (Wildman–Crippen MR) is 117 cm³/mol. The van der Waals surface area contributed by atoms with Crippen LogP contribution in [-0.4, -0.2) is 13.1 Å². The Kier molecular flexibility index (Phi) is 6.71. The zero-order valence-electron chi connectivity index (χ0n) is 15.4. The van der Waals surface area contributed by atoms with Crippen molar-refractivity contribution in [3.05, 3.63) is 92.9 Å². The molecule has 3 aromatic rings. The molecule has 0 bridgehead atoms. The van der Waals surface area contributed by atoms with Gasteiger partial charge in [0.05, 0.1) is 24.3 Å². The molecular formula is C23H15BrClNO3. The van der Waals surface area contributed by atoms with Gasteiger partial charge in [-0.05, 0) is 59.7 Å². The summed E-state index contributed by atoms with van der Waals surface area (Å²) in [5.41, 5.74) is 2.37. The Balaban J connectivity index is 1.87. The number of hydrogen-bond donors (Lipinski definition) is 0. The summed E-state index contributed by atoms with van der Waals surface area (Å²) >= 11 is 9.24. The predicted octanol–water partition coefficient (Wildman–Crippen LogP) is 6.39. The van der Waals surface area contributed by atoms with E-state index in [0.29, 0.717) is 27.7 Å². The second-order valence-corrected chi connectivity index (χ2v) is 7.34. The summed E-state index contributed by atoms with van der Waals surface area (Å²) < 4.78 is 11.6. The van der Waals surface area contributed by atoms with Crippen LogP contribution in [0.3, 0.4) is 0 Å². The highest BCUT2D eigenvalue weighted by Gasteiger charge is 2.13. The van der Waals surface area contributed by atoms with Crippen LogP contribution >= 0.6 is 27.5 Å². The lowest BCUT2D eigenvalue weighted by Gasteiger charge is -2.10. The normalized spacial score (nSPS) is 10.9. The zero-order chi connectivity index (χ0) is 20.8. The number of carbonyl (C=O) groups is 1. The molecular weight excluding hydrogens is 454 g/mol. The smallest absolute Gasteiger partial charge is 0.343 e. The number of hydrogen-bond acceptors (Lipinski definition) is 4. The van der Waals surface area contributed by atoms with Crippen molar-refractivity contribution < 1.29 is 14.3 Å². The van der Waals surface area contributed by atoms with Crippen LogP contribution in [0.4, 0.5) is 0 Å². The third-order valence-corrected chi connectivity index (χ3v) is 4.78. The summed E-state index contributed by atoms with van der Waals surface area (Å²) in [6, 6.07) is 21.2. The van der Waals surface area contributed by atoms with Crippen molar-refractivity contribution in [2.75, 3.05) is 7.11 Å². The van der Waals surface area contributed by atoms with Gasteiger partial charge in [-0.25, -0.2) is 4.79 Å². The van der Waals surface area contributed by atoms with Gasteiger partial charge in [0.25, 0.3) is 0 Å². The van der Waals surface area contributed by atoms with Crippen molar-refractivity contribution in [3.63, 3.8) is 0 Å². The van der Waals surface area contributed by atoms with Crippen LogP contribution in [0.25, 0.3) is 11.6 Å². The Morgan fingerprint density at radius 3 is 2.45 bits per heavy atom. The topological polar surface area (TPSA) is 59.3 Å². The molecule has 4 nitrogen and oxygen atoms in total. The maximum atomic E-state index is 12.4. The minimum Gasteiger partial charge on any atom is -0.493 e. The molecule has 0 unspecified atom stereocenters. The van der Waals surface area contributed by atoms with Crippen LogP contribution < -0.4 is 9.47 Å². The van der Waals surface area contributed by atoms with E-state index in [1.54, 1.807) is 66.7 Å². The number of carbonyl (C=O) groups excluding carboxylic acids is 1. The molecule has 0 spiro atoms. The van der Waals surface area contributed by atoms with Gasteiger partial charge >= 0.3 is 5.97 Å². The lowest BCUT2D eigenvalue weighted by molar-refractivity contribution is 0.0729. The van der Waals surface area contributed by atoms with Crippen LogP contribution in [0.5, 0.6) is 11.5 Å². The van der Waals surface area contributed by atoms with Crippen molar-refractivity contribution in [2.24, 2.45) is 0 Å². The van der Waals surface area contributed by atoms with Crippen molar-refractivity contribution in [1.82, 2.24) is 0 Å². The second kappa shape index (κ2) is 9.42. The molecule has 0 aliphatic carbocycles. The Bertz CT molecular complexity index is 1120. The quantitative estimate of drug-likeness (QED) is 0.188. The van der Waals surface area contributed by atoms with Gasteiger partial charge in [-0.2, -0.15) is 5.26 Å². The first-order chi connectivity index (χ1) is 14.0. The summed E-state index contributed by atoms with van der Waals surface area (Å²) in [5, 5.41) is 10.1. The molecule has 3 rings (SSSR count). The van der Waals surface area contributed by atoms with Crippen LogP contribution in [-0.2, 0) is 0 Å². The number of nitrogens with zero attached hydrogens (tertiary/aromatic N) is 1. The van der Waals surface area contributed by atoms with Crippen molar-refractivity contribution in [2.45, 2.75) is 0 Å². The number of halogens is 2. The Labute approximate surface area is 182 Å². The van der Waals surface area contributed by atoms with E-state index in [2.05, 4.69) is 22.0 Å². The van der Waals surface area contributed by atoms with Crippen LogP contribution in [0, 0.1) is 11.3 Å². The summed E-state index contributed by atoms with van der Waals surface area (Å²) in [6.07, 6.45) is 1.73. The van der Waals surface area contributed by atoms with E-state index in [1.165, 1.54) is 7.11 Å². The third-order valence-electron chi connectivity index (χ3n) is 4.04. The molecule has 0 aliphatic heterocycles. The molecule has 0 saturated carbocycles. The van der Waals surface area contributed by atoms with Gasteiger partial charge in [0.1, 0.15) is 0 Å². The minimum atomic E-state index is -0.494. The van der Waals surface area contributed by atoms with Gasteiger partial charge < -0.3 is 9.47 Å². The van der Waals surface area contributed by atoms with Gasteiger partial charge in [-0.15, -0.1) is 0 Å². The molecule has 3 aromatic carbocycles. The fourth-order valence-corrected chi connectivity index (χ4v) is 3.13. The number of nitriles is 1. The molecule has 0 atom stereocenters. The number of allylic oxidation sites excluding steroid dienone is 1. The zero-order valence-corrected chi connectivity index (χ0v) is 17.7. The summed E-state index contributed by atoms with van der Waals surface area (Å²) in [4.78, 5) is 12.4. The maximum Gasteiger partial charge on any atom is 0.343 e. The van der Waals surface area contributed by atoms with E-state index >= 15 is 0 Å². The maximum absolute atomic E-state index is 12.4. The average Bonchev–Trinajstić information content (AvgIpc) is 2.73. The Hall–Kier alpha value is -3.07. The van der Waals surface area contributed by atoms with E-state index in [0.717, 1.165) is 15.6 Å². The Morgan fingerprint density at radius 1 is 1.03 bits per heavy atom. The van der Waals surface area contributed by atoms with Crippen LogP contribution in [0.1, 0.15) is 21.5 Å². The van der Waals surface area contributed by atoms with Gasteiger partial charge in [0, 0.05) is 9.50 Å². The van der Waals surface area contributed by atoms with Crippen molar-refractivity contribution in [1.29, 1.82) is 5.26 Å². The molecule has 0 radical (unpaired) electrons. The van der Waals surface area contributed by atoms with E-state index < -0.39 is 5.97 Å². The standard InChI is InChI=1S/C23H15BrClNO3/c1-28-22-12-15(11-18(14-26)16-6-8-20(25)9-7-16)5-10-21(22)29-23(27)17-3-2-4-19(24)13-17/h2-13H,1H3/b18-11-. The largest absolute Gasteiger partial charge is 0.493 e. The van der Waals surface area contributed by atoms with Crippen molar-refractivity contribution in [3.8, 4) is 17.6 Å². The molecule has 0 aliphatic rings. The highest BCUT2D eigenvalue weighted by Crippen LogP contribution is 2.31. The highest BCUT2D eigenvalue weighted by molar-refractivity contribution is 9.10. The highest BCUT2D eigenvalue weighted by atomic mass is 79.9. The first kappa shape index (κ1) is 20.7. The molecule has 0 N–H and O–H groups in total. The fraction of sp³-hybridized carbons (Fsp3) is 0.0435. The van der Waals surface area contributed by atoms with E-state index in [-0.39, 0.29) is 0 Å². The number of rotatable bonds is 5. The minimum absolute atomic E-state index is 0.291. The number of methoxy groups -OCH3 is 1. The van der Waals surface area contributed by atoms with Gasteiger partial charge in [0.2, 0.25) is 0 Å². The summed E-state index contributed by atoms with van der Waals surface area (Å²) in [7, 11) is 1.49. The lowest BCUT2D eigenvalue weighted by atomic mass is 10.0. The second-order valence-electron chi connectivity index (χ2n) is 5.99. The average molecular weight is 469 g/mol.